The van der Waals surface area contributed by atoms with Crippen molar-refractivity contribution in [1.29, 1.82) is 0 Å². The Morgan fingerprint density at radius 2 is 2.00 bits per heavy atom. The summed E-state index contributed by atoms with van der Waals surface area (Å²) in [5.41, 5.74) is 0. The molecule has 19 heavy (non-hydrogen) atoms. The van der Waals surface area contributed by atoms with E-state index in [4.69, 9.17) is 4.74 Å². The second-order valence-corrected chi connectivity index (χ2v) is 5.26. The van der Waals surface area contributed by atoms with Crippen LogP contribution in [0.1, 0.15) is 12.8 Å². The fourth-order valence-corrected chi connectivity index (χ4v) is 2.28. The minimum atomic E-state index is -0.458. The lowest BCUT2D eigenvalue weighted by Crippen LogP contribution is -2.44. The average molecular weight is 264 g/mol. The predicted octanol–water partition coefficient (Wildman–Crippen LogP) is 1.11. The van der Waals surface area contributed by atoms with E-state index in [-0.39, 0.29) is 0 Å². The molecule has 0 aromatic heterocycles. The Bertz CT molecular complexity index is 350. The Kier molecular flexibility index (Phi) is 5.63. The van der Waals surface area contributed by atoms with Gasteiger partial charge in [-0.3, -0.25) is 0 Å². The van der Waals surface area contributed by atoms with E-state index < -0.39 is 6.10 Å². The second-order valence-electron chi connectivity index (χ2n) is 5.26. The Balaban J connectivity index is 1.61. The van der Waals surface area contributed by atoms with Gasteiger partial charge in [-0.2, -0.15) is 0 Å². The van der Waals surface area contributed by atoms with Crippen molar-refractivity contribution in [3.05, 3.63) is 30.3 Å². The van der Waals surface area contributed by atoms with Gasteiger partial charge >= 0.3 is 0 Å². The molecule has 0 spiro atoms. The number of rotatable bonds is 6. The molecule has 0 radical (unpaired) electrons. The Labute approximate surface area is 115 Å². The first-order chi connectivity index (χ1) is 9.24. The van der Waals surface area contributed by atoms with Crippen molar-refractivity contribution >= 4 is 0 Å². The number of aliphatic hydroxyl groups excluding tert-OH is 1. The summed E-state index contributed by atoms with van der Waals surface area (Å²) in [4.78, 5) is 2.34. The standard InChI is InChI=1S/C15H24N2O2/c1-17-9-7-13(8-10-17)16-11-14(18)12-19-15-5-3-2-4-6-15/h2-6,13-14,16,18H,7-12H2,1H3. The number of likely N-dealkylation sites (tertiary alicyclic amines) is 1. The van der Waals surface area contributed by atoms with Crippen molar-refractivity contribution in [2.45, 2.75) is 25.0 Å². The van der Waals surface area contributed by atoms with E-state index in [1.54, 1.807) is 0 Å². The second kappa shape index (κ2) is 7.48. The van der Waals surface area contributed by atoms with Crippen molar-refractivity contribution in [2.24, 2.45) is 0 Å². The molecule has 1 aromatic carbocycles. The van der Waals surface area contributed by atoms with Gasteiger partial charge in [0.15, 0.2) is 0 Å². The summed E-state index contributed by atoms with van der Waals surface area (Å²) in [7, 11) is 2.15. The van der Waals surface area contributed by atoms with E-state index in [1.165, 1.54) is 0 Å². The minimum absolute atomic E-state index is 0.337. The molecule has 1 aromatic rings. The monoisotopic (exact) mass is 264 g/mol. The summed E-state index contributed by atoms with van der Waals surface area (Å²) >= 11 is 0. The normalized spacial score (nSPS) is 19.3. The molecule has 1 aliphatic rings. The third kappa shape index (κ3) is 5.19. The van der Waals surface area contributed by atoms with Gasteiger partial charge in [-0.05, 0) is 45.1 Å². The number of hydrogen-bond acceptors (Lipinski definition) is 4. The van der Waals surface area contributed by atoms with Crippen LogP contribution in [0.4, 0.5) is 0 Å². The maximum absolute atomic E-state index is 9.90. The van der Waals surface area contributed by atoms with Crippen LogP contribution >= 0.6 is 0 Å². The van der Waals surface area contributed by atoms with Crippen LogP contribution in [0.2, 0.25) is 0 Å². The lowest BCUT2D eigenvalue weighted by molar-refractivity contribution is 0.0996. The molecule has 1 fully saturated rings. The van der Waals surface area contributed by atoms with Crippen molar-refractivity contribution in [3.63, 3.8) is 0 Å². The van der Waals surface area contributed by atoms with Crippen LogP contribution in [0.15, 0.2) is 30.3 Å². The van der Waals surface area contributed by atoms with Gasteiger partial charge in [0.05, 0.1) is 0 Å². The first-order valence-electron chi connectivity index (χ1n) is 7.02. The molecule has 0 aliphatic carbocycles. The number of benzene rings is 1. The summed E-state index contributed by atoms with van der Waals surface area (Å²) in [6.45, 7) is 3.20. The topological polar surface area (TPSA) is 44.7 Å². The smallest absolute Gasteiger partial charge is 0.119 e. The Morgan fingerprint density at radius 1 is 1.32 bits per heavy atom. The average Bonchev–Trinajstić information content (AvgIpc) is 2.45. The maximum atomic E-state index is 9.90. The fourth-order valence-electron chi connectivity index (χ4n) is 2.28. The molecule has 1 aliphatic heterocycles. The van der Waals surface area contributed by atoms with Crippen LogP contribution in [0, 0.1) is 0 Å². The third-order valence-electron chi connectivity index (χ3n) is 3.55. The highest BCUT2D eigenvalue weighted by atomic mass is 16.5. The SMILES string of the molecule is CN1CCC(NCC(O)COc2ccccc2)CC1. The van der Waals surface area contributed by atoms with E-state index >= 15 is 0 Å². The molecule has 0 saturated carbocycles. The van der Waals surface area contributed by atoms with Gasteiger partial charge in [0.25, 0.3) is 0 Å². The molecule has 1 saturated heterocycles. The Morgan fingerprint density at radius 3 is 2.68 bits per heavy atom. The number of ether oxygens (including phenoxy) is 1. The first-order valence-corrected chi connectivity index (χ1v) is 7.02. The van der Waals surface area contributed by atoms with Crippen LogP contribution in [-0.4, -0.2) is 55.4 Å². The van der Waals surface area contributed by atoms with E-state index in [0.717, 1.165) is 31.7 Å². The molecule has 0 amide bonds. The summed E-state index contributed by atoms with van der Waals surface area (Å²) in [6.07, 6.45) is 1.85. The first kappa shape index (κ1) is 14.3. The Hall–Kier alpha value is -1.10. The summed E-state index contributed by atoms with van der Waals surface area (Å²) in [5, 5.41) is 13.3. The number of nitrogens with zero attached hydrogens (tertiary/aromatic N) is 1. The van der Waals surface area contributed by atoms with E-state index in [9.17, 15) is 5.11 Å². The zero-order valence-corrected chi connectivity index (χ0v) is 11.6. The summed E-state index contributed by atoms with van der Waals surface area (Å²) in [6, 6.07) is 10.1. The quantitative estimate of drug-likeness (QED) is 0.808. The largest absolute Gasteiger partial charge is 0.491 e. The molecule has 2 N–H and O–H groups in total. The highest BCUT2D eigenvalue weighted by Crippen LogP contribution is 2.09. The predicted molar refractivity (Wildman–Crippen MR) is 76.5 cm³/mol. The molecule has 4 heteroatoms. The van der Waals surface area contributed by atoms with Crippen LogP contribution in [0.25, 0.3) is 0 Å². The molecular weight excluding hydrogens is 240 g/mol. The molecule has 2 rings (SSSR count). The highest BCUT2D eigenvalue weighted by molar-refractivity contribution is 5.20. The van der Waals surface area contributed by atoms with Gasteiger partial charge < -0.3 is 20.1 Å². The van der Waals surface area contributed by atoms with Crippen molar-refractivity contribution in [2.75, 3.05) is 33.3 Å². The number of hydrogen-bond donors (Lipinski definition) is 2. The minimum Gasteiger partial charge on any atom is -0.491 e. The van der Waals surface area contributed by atoms with E-state index in [2.05, 4.69) is 17.3 Å². The molecule has 1 atom stereocenters. The molecule has 4 nitrogen and oxygen atoms in total. The lowest BCUT2D eigenvalue weighted by atomic mass is 10.1. The van der Waals surface area contributed by atoms with Gasteiger partial charge in [0.2, 0.25) is 0 Å². The molecule has 106 valence electrons. The number of piperidine rings is 1. The zero-order chi connectivity index (χ0) is 13.5. The fraction of sp³-hybridized carbons (Fsp3) is 0.600. The number of aliphatic hydroxyl groups is 1. The van der Waals surface area contributed by atoms with Crippen LogP contribution in [-0.2, 0) is 0 Å². The maximum Gasteiger partial charge on any atom is 0.119 e. The van der Waals surface area contributed by atoms with Crippen molar-refractivity contribution in [3.8, 4) is 5.75 Å². The van der Waals surface area contributed by atoms with Gasteiger partial charge in [-0.1, -0.05) is 18.2 Å². The third-order valence-corrected chi connectivity index (χ3v) is 3.55. The van der Waals surface area contributed by atoms with Crippen LogP contribution in [0.3, 0.4) is 0 Å². The molecule has 1 heterocycles. The van der Waals surface area contributed by atoms with Crippen molar-refractivity contribution < 1.29 is 9.84 Å². The molecule has 0 bridgehead atoms. The lowest BCUT2D eigenvalue weighted by Gasteiger charge is -2.30. The van der Waals surface area contributed by atoms with Gasteiger partial charge in [-0.25, -0.2) is 0 Å². The molecule has 1 unspecified atom stereocenters. The summed E-state index contributed by atoms with van der Waals surface area (Å²) < 4.78 is 5.53. The van der Waals surface area contributed by atoms with Crippen molar-refractivity contribution in [1.82, 2.24) is 10.2 Å². The van der Waals surface area contributed by atoms with E-state index in [1.807, 2.05) is 30.3 Å². The van der Waals surface area contributed by atoms with Gasteiger partial charge in [0.1, 0.15) is 18.5 Å². The zero-order valence-electron chi connectivity index (χ0n) is 11.6. The number of nitrogens with one attached hydrogen (secondary N) is 1. The summed E-state index contributed by atoms with van der Waals surface area (Å²) in [5.74, 6) is 0.806. The number of para-hydroxylation sites is 1. The molecular formula is C15H24N2O2. The van der Waals surface area contributed by atoms with Crippen LogP contribution in [0.5, 0.6) is 5.75 Å². The van der Waals surface area contributed by atoms with Gasteiger partial charge in [-0.15, -0.1) is 0 Å². The highest BCUT2D eigenvalue weighted by Gasteiger charge is 2.17. The van der Waals surface area contributed by atoms with E-state index in [0.29, 0.717) is 19.2 Å². The van der Waals surface area contributed by atoms with Crippen LogP contribution < -0.4 is 10.1 Å². The van der Waals surface area contributed by atoms with Gasteiger partial charge in [0, 0.05) is 12.6 Å².